The van der Waals surface area contributed by atoms with Gasteiger partial charge in [0.05, 0.1) is 17.3 Å². The molecule has 5 nitrogen and oxygen atoms in total. The van der Waals surface area contributed by atoms with Gasteiger partial charge in [0.2, 0.25) is 5.91 Å². The summed E-state index contributed by atoms with van der Waals surface area (Å²) in [5.41, 5.74) is 6.35. The third-order valence-corrected chi connectivity index (χ3v) is 2.93. The van der Waals surface area contributed by atoms with Crippen molar-refractivity contribution in [3.63, 3.8) is 0 Å². The van der Waals surface area contributed by atoms with E-state index in [0.29, 0.717) is 30.8 Å². The highest BCUT2D eigenvalue weighted by atomic mass is 16.3. The highest BCUT2D eigenvalue weighted by Gasteiger charge is 2.31. The van der Waals surface area contributed by atoms with E-state index in [0.717, 1.165) is 0 Å². The van der Waals surface area contributed by atoms with Gasteiger partial charge in [-0.25, -0.2) is 0 Å². The molecular weight excluding hydrogens is 218 g/mol. The molecular formula is C12H13N3O2. The van der Waals surface area contributed by atoms with E-state index in [9.17, 15) is 9.90 Å². The molecule has 1 amide bonds. The summed E-state index contributed by atoms with van der Waals surface area (Å²) >= 11 is 0. The van der Waals surface area contributed by atoms with Crippen LogP contribution >= 0.6 is 0 Å². The molecule has 1 heterocycles. The van der Waals surface area contributed by atoms with Crippen LogP contribution in [0.15, 0.2) is 18.2 Å². The summed E-state index contributed by atoms with van der Waals surface area (Å²) in [7, 11) is 0. The molecule has 0 radical (unpaired) electrons. The fraction of sp³-hybridized carbons (Fsp3) is 0.333. The van der Waals surface area contributed by atoms with E-state index in [-0.39, 0.29) is 17.6 Å². The average Bonchev–Trinajstić information content (AvgIpc) is 2.71. The maximum absolute atomic E-state index is 11.8. The number of carbonyl (C=O) groups excluding carboxylic acids is 1. The Morgan fingerprint density at radius 2 is 2.35 bits per heavy atom. The zero-order valence-corrected chi connectivity index (χ0v) is 9.26. The Hall–Kier alpha value is -2.06. The highest BCUT2D eigenvalue weighted by molar-refractivity contribution is 5.97. The van der Waals surface area contributed by atoms with Crippen molar-refractivity contribution in [3.05, 3.63) is 23.8 Å². The summed E-state index contributed by atoms with van der Waals surface area (Å²) in [5, 5.41) is 18.5. The Morgan fingerprint density at radius 1 is 1.59 bits per heavy atom. The minimum absolute atomic E-state index is 0.00928. The van der Waals surface area contributed by atoms with Gasteiger partial charge < -0.3 is 15.7 Å². The summed E-state index contributed by atoms with van der Waals surface area (Å²) in [6.07, 6.45) is 0.396. The van der Waals surface area contributed by atoms with Gasteiger partial charge in [0.15, 0.2) is 0 Å². The number of nitrogens with zero attached hydrogens (tertiary/aromatic N) is 2. The lowest BCUT2D eigenvalue weighted by molar-refractivity contribution is -0.117. The quantitative estimate of drug-likeness (QED) is 0.778. The van der Waals surface area contributed by atoms with E-state index in [4.69, 9.17) is 11.0 Å². The van der Waals surface area contributed by atoms with Crippen LogP contribution in [0.3, 0.4) is 0 Å². The molecule has 1 unspecified atom stereocenters. The summed E-state index contributed by atoms with van der Waals surface area (Å²) in [4.78, 5) is 13.3. The maximum Gasteiger partial charge on any atom is 0.227 e. The summed E-state index contributed by atoms with van der Waals surface area (Å²) < 4.78 is 0. The third-order valence-electron chi connectivity index (χ3n) is 2.93. The average molecular weight is 231 g/mol. The Morgan fingerprint density at radius 3 is 2.94 bits per heavy atom. The van der Waals surface area contributed by atoms with Crippen LogP contribution in [0.2, 0.25) is 0 Å². The van der Waals surface area contributed by atoms with E-state index in [2.05, 4.69) is 0 Å². The largest absolute Gasteiger partial charge is 0.506 e. The Balaban J connectivity index is 2.34. The molecule has 0 aromatic heterocycles. The molecule has 1 atom stereocenters. The molecule has 0 saturated carbocycles. The van der Waals surface area contributed by atoms with Gasteiger partial charge in [-0.15, -0.1) is 0 Å². The van der Waals surface area contributed by atoms with E-state index >= 15 is 0 Å². The molecule has 1 saturated heterocycles. The standard InChI is InChI=1S/C12H13N3O2/c13-5-8-1-2-11(16)10(3-8)15-7-9(6-14)4-12(15)17/h1-3,9,16H,4,6-7,14H2. The van der Waals surface area contributed by atoms with Crippen LogP contribution in [0.4, 0.5) is 5.69 Å². The molecule has 1 aliphatic rings. The Bertz CT molecular complexity index is 493. The number of aromatic hydroxyl groups is 1. The van der Waals surface area contributed by atoms with Crippen LogP contribution < -0.4 is 10.6 Å². The number of anilines is 1. The van der Waals surface area contributed by atoms with Gasteiger partial charge in [-0.2, -0.15) is 5.26 Å². The molecule has 88 valence electrons. The van der Waals surface area contributed by atoms with Gasteiger partial charge >= 0.3 is 0 Å². The maximum atomic E-state index is 11.8. The molecule has 1 aliphatic heterocycles. The Kier molecular flexibility index (Phi) is 2.98. The van der Waals surface area contributed by atoms with Crippen molar-refractivity contribution in [3.8, 4) is 11.8 Å². The molecule has 2 rings (SSSR count). The van der Waals surface area contributed by atoms with E-state index < -0.39 is 0 Å². The second-order valence-electron chi connectivity index (χ2n) is 4.13. The number of phenols is 1. The van der Waals surface area contributed by atoms with Crippen molar-refractivity contribution in [2.45, 2.75) is 6.42 Å². The van der Waals surface area contributed by atoms with E-state index in [1.165, 1.54) is 23.1 Å². The zero-order chi connectivity index (χ0) is 12.4. The predicted octanol–water partition coefficient (Wildman–Crippen LogP) is 0.575. The lowest BCUT2D eigenvalue weighted by Crippen LogP contribution is -2.25. The topological polar surface area (TPSA) is 90.3 Å². The summed E-state index contributed by atoms with van der Waals surface area (Å²) in [6.45, 7) is 0.943. The molecule has 0 aliphatic carbocycles. The summed E-state index contributed by atoms with van der Waals surface area (Å²) in [6, 6.07) is 6.45. The monoisotopic (exact) mass is 231 g/mol. The molecule has 5 heteroatoms. The van der Waals surface area contributed by atoms with Gasteiger partial charge in [-0.05, 0) is 30.7 Å². The first kappa shape index (κ1) is 11.4. The first-order valence-corrected chi connectivity index (χ1v) is 5.39. The number of rotatable bonds is 2. The van der Waals surface area contributed by atoms with Crippen LogP contribution in [-0.2, 0) is 4.79 Å². The van der Waals surface area contributed by atoms with Crippen molar-refractivity contribution in [2.75, 3.05) is 18.0 Å². The molecule has 0 spiro atoms. The van der Waals surface area contributed by atoms with Crippen molar-refractivity contribution >= 4 is 11.6 Å². The van der Waals surface area contributed by atoms with Gasteiger partial charge in [-0.3, -0.25) is 4.79 Å². The number of amides is 1. The first-order chi connectivity index (χ1) is 8.15. The highest BCUT2D eigenvalue weighted by Crippen LogP contribution is 2.32. The van der Waals surface area contributed by atoms with E-state index in [1.54, 1.807) is 0 Å². The Labute approximate surface area is 99.1 Å². The normalized spacial score (nSPS) is 19.4. The van der Waals surface area contributed by atoms with Gasteiger partial charge in [-0.1, -0.05) is 0 Å². The number of hydrogen-bond acceptors (Lipinski definition) is 4. The molecule has 1 fully saturated rings. The minimum Gasteiger partial charge on any atom is -0.506 e. The number of carbonyl (C=O) groups is 1. The van der Waals surface area contributed by atoms with Gasteiger partial charge in [0.1, 0.15) is 5.75 Å². The van der Waals surface area contributed by atoms with Gasteiger partial charge in [0.25, 0.3) is 0 Å². The van der Waals surface area contributed by atoms with Crippen molar-refractivity contribution in [1.29, 1.82) is 5.26 Å². The predicted molar refractivity (Wildman–Crippen MR) is 62.3 cm³/mol. The number of hydrogen-bond donors (Lipinski definition) is 2. The lowest BCUT2D eigenvalue weighted by Gasteiger charge is -2.18. The van der Waals surface area contributed by atoms with Gasteiger partial charge in [0, 0.05) is 13.0 Å². The number of benzene rings is 1. The van der Waals surface area contributed by atoms with Crippen molar-refractivity contribution < 1.29 is 9.90 Å². The van der Waals surface area contributed by atoms with E-state index in [1.807, 2.05) is 6.07 Å². The third kappa shape index (κ3) is 2.08. The minimum atomic E-state index is -0.0640. The van der Waals surface area contributed by atoms with Crippen LogP contribution in [-0.4, -0.2) is 24.1 Å². The molecule has 0 bridgehead atoms. The molecule has 1 aromatic rings. The van der Waals surface area contributed by atoms with Crippen LogP contribution in [0.25, 0.3) is 0 Å². The summed E-state index contributed by atoms with van der Waals surface area (Å²) in [5.74, 6) is 0.0634. The lowest BCUT2D eigenvalue weighted by atomic mass is 10.1. The molecule has 17 heavy (non-hydrogen) atoms. The second kappa shape index (κ2) is 4.44. The number of nitriles is 1. The van der Waals surface area contributed by atoms with Crippen molar-refractivity contribution in [1.82, 2.24) is 0 Å². The first-order valence-electron chi connectivity index (χ1n) is 5.39. The van der Waals surface area contributed by atoms with Crippen LogP contribution in [0, 0.1) is 17.2 Å². The smallest absolute Gasteiger partial charge is 0.227 e. The fourth-order valence-electron chi connectivity index (χ4n) is 1.98. The van der Waals surface area contributed by atoms with Crippen molar-refractivity contribution in [2.24, 2.45) is 11.7 Å². The zero-order valence-electron chi connectivity index (χ0n) is 9.26. The number of nitrogens with two attached hydrogens (primary N) is 1. The molecule has 1 aromatic carbocycles. The fourth-order valence-corrected chi connectivity index (χ4v) is 1.98. The number of phenolic OH excluding ortho intramolecular Hbond substituents is 1. The SMILES string of the molecule is N#Cc1ccc(O)c(N2CC(CN)CC2=O)c1. The van der Waals surface area contributed by atoms with Crippen LogP contribution in [0.5, 0.6) is 5.75 Å². The second-order valence-corrected chi connectivity index (χ2v) is 4.13. The van der Waals surface area contributed by atoms with Crippen LogP contribution in [0.1, 0.15) is 12.0 Å². The molecule has 3 N–H and O–H groups in total.